The van der Waals surface area contributed by atoms with Gasteiger partial charge < -0.3 is 5.32 Å². The van der Waals surface area contributed by atoms with E-state index >= 15 is 0 Å². The lowest BCUT2D eigenvalue weighted by Crippen LogP contribution is -2.42. The third kappa shape index (κ3) is 3.14. The van der Waals surface area contributed by atoms with Crippen LogP contribution in [0.4, 0.5) is 0 Å². The van der Waals surface area contributed by atoms with Crippen molar-refractivity contribution in [2.75, 3.05) is 13.1 Å². The van der Waals surface area contributed by atoms with Crippen molar-refractivity contribution >= 4 is 0 Å². The van der Waals surface area contributed by atoms with E-state index in [1.54, 1.807) is 0 Å². The predicted molar refractivity (Wildman–Crippen MR) is 56.3 cm³/mol. The van der Waals surface area contributed by atoms with E-state index in [4.69, 9.17) is 0 Å². The number of hydrogen-bond donors (Lipinski definition) is 1. The molecule has 74 valence electrons. The van der Waals surface area contributed by atoms with Gasteiger partial charge in [-0.3, -0.25) is 0 Å². The minimum absolute atomic E-state index is 0. The standard InChI is InChI=1S/C10H21N.CH4/c1-8(2)9-5-10(3,4)7-11-6-9;/h8-9,11H,5-7H2,1-4H3;1H4. The van der Waals surface area contributed by atoms with Crippen LogP contribution in [0.25, 0.3) is 0 Å². The van der Waals surface area contributed by atoms with Crippen LogP contribution in [0.1, 0.15) is 41.5 Å². The third-order valence-corrected chi connectivity index (χ3v) is 2.77. The van der Waals surface area contributed by atoms with Crippen molar-refractivity contribution in [1.82, 2.24) is 5.32 Å². The summed E-state index contributed by atoms with van der Waals surface area (Å²) in [6, 6.07) is 0. The molecule has 0 aromatic carbocycles. The second kappa shape index (κ2) is 4.27. The molecule has 0 amide bonds. The Labute approximate surface area is 77.9 Å². The molecule has 1 nitrogen and oxygen atoms in total. The van der Waals surface area contributed by atoms with Crippen molar-refractivity contribution in [3.05, 3.63) is 0 Å². The van der Waals surface area contributed by atoms with Crippen LogP contribution < -0.4 is 5.32 Å². The highest BCUT2D eigenvalue weighted by Gasteiger charge is 2.28. The molecule has 1 atom stereocenters. The third-order valence-electron chi connectivity index (χ3n) is 2.77. The van der Waals surface area contributed by atoms with E-state index in [2.05, 4.69) is 33.0 Å². The van der Waals surface area contributed by atoms with E-state index in [0.29, 0.717) is 5.41 Å². The maximum Gasteiger partial charge on any atom is 0.000275 e. The van der Waals surface area contributed by atoms with E-state index in [-0.39, 0.29) is 7.43 Å². The molecular formula is C11H25N. The monoisotopic (exact) mass is 171 g/mol. The van der Waals surface area contributed by atoms with Gasteiger partial charge in [0.25, 0.3) is 0 Å². The summed E-state index contributed by atoms with van der Waals surface area (Å²) >= 11 is 0. The molecule has 0 bridgehead atoms. The van der Waals surface area contributed by atoms with Gasteiger partial charge in [-0.2, -0.15) is 0 Å². The van der Waals surface area contributed by atoms with Gasteiger partial charge in [-0.1, -0.05) is 35.1 Å². The normalized spacial score (nSPS) is 28.2. The van der Waals surface area contributed by atoms with Crippen LogP contribution >= 0.6 is 0 Å². The zero-order chi connectivity index (χ0) is 8.48. The molecule has 1 fully saturated rings. The maximum atomic E-state index is 3.51. The summed E-state index contributed by atoms with van der Waals surface area (Å²) in [6.07, 6.45) is 1.39. The Morgan fingerprint density at radius 1 is 1.33 bits per heavy atom. The molecule has 1 rings (SSSR count). The van der Waals surface area contributed by atoms with Gasteiger partial charge in [0.1, 0.15) is 0 Å². The van der Waals surface area contributed by atoms with Gasteiger partial charge >= 0.3 is 0 Å². The Morgan fingerprint density at radius 3 is 2.25 bits per heavy atom. The molecule has 1 aliphatic heterocycles. The first-order valence-corrected chi connectivity index (χ1v) is 4.72. The van der Waals surface area contributed by atoms with Crippen LogP contribution in [0.15, 0.2) is 0 Å². The lowest BCUT2D eigenvalue weighted by atomic mass is 9.75. The largest absolute Gasteiger partial charge is 0.316 e. The zero-order valence-electron chi connectivity index (χ0n) is 8.28. The Kier molecular flexibility index (Phi) is 4.25. The van der Waals surface area contributed by atoms with Gasteiger partial charge in [-0.25, -0.2) is 0 Å². The van der Waals surface area contributed by atoms with Crippen molar-refractivity contribution in [3.63, 3.8) is 0 Å². The van der Waals surface area contributed by atoms with Crippen molar-refractivity contribution in [3.8, 4) is 0 Å². The van der Waals surface area contributed by atoms with Crippen molar-refractivity contribution in [1.29, 1.82) is 0 Å². The van der Waals surface area contributed by atoms with Crippen LogP contribution in [0, 0.1) is 17.3 Å². The van der Waals surface area contributed by atoms with Crippen molar-refractivity contribution in [2.45, 2.75) is 41.5 Å². The lowest BCUT2D eigenvalue weighted by molar-refractivity contribution is 0.165. The Morgan fingerprint density at radius 2 is 1.92 bits per heavy atom. The summed E-state index contributed by atoms with van der Waals surface area (Å²) in [7, 11) is 0. The highest BCUT2D eigenvalue weighted by molar-refractivity contribution is 4.83. The van der Waals surface area contributed by atoms with Gasteiger partial charge in [0.05, 0.1) is 0 Å². The lowest BCUT2D eigenvalue weighted by Gasteiger charge is -2.37. The van der Waals surface area contributed by atoms with E-state index in [0.717, 1.165) is 11.8 Å². The molecule has 0 radical (unpaired) electrons. The van der Waals surface area contributed by atoms with Crippen LogP contribution in [-0.2, 0) is 0 Å². The molecular weight excluding hydrogens is 146 g/mol. The zero-order valence-corrected chi connectivity index (χ0v) is 8.28. The van der Waals surface area contributed by atoms with E-state index < -0.39 is 0 Å². The summed E-state index contributed by atoms with van der Waals surface area (Å²) < 4.78 is 0. The Hall–Kier alpha value is -0.0400. The van der Waals surface area contributed by atoms with E-state index in [9.17, 15) is 0 Å². The minimum atomic E-state index is 0. The molecule has 0 saturated carbocycles. The van der Waals surface area contributed by atoms with Crippen molar-refractivity contribution in [2.24, 2.45) is 17.3 Å². The van der Waals surface area contributed by atoms with Gasteiger partial charge in [-0.05, 0) is 30.2 Å². The topological polar surface area (TPSA) is 12.0 Å². The molecule has 12 heavy (non-hydrogen) atoms. The molecule has 1 unspecified atom stereocenters. The highest BCUT2D eigenvalue weighted by Crippen LogP contribution is 2.31. The molecule has 1 N–H and O–H groups in total. The molecule has 1 heterocycles. The fourth-order valence-corrected chi connectivity index (χ4v) is 1.92. The van der Waals surface area contributed by atoms with E-state index in [1.807, 2.05) is 0 Å². The second-order valence-electron chi connectivity index (χ2n) is 5.00. The molecule has 1 saturated heterocycles. The van der Waals surface area contributed by atoms with Crippen LogP contribution in [0.2, 0.25) is 0 Å². The second-order valence-corrected chi connectivity index (χ2v) is 5.00. The Balaban J connectivity index is 0.00000121. The van der Waals surface area contributed by atoms with Gasteiger partial charge in [0, 0.05) is 6.54 Å². The molecule has 1 aliphatic rings. The van der Waals surface area contributed by atoms with Crippen LogP contribution in [0.3, 0.4) is 0 Å². The van der Waals surface area contributed by atoms with Crippen LogP contribution in [-0.4, -0.2) is 13.1 Å². The smallest absolute Gasteiger partial charge is 0.000275 e. The number of rotatable bonds is 1. The predicted octanol–water partition coefficient (Wildman–Crippen LogP) is 2.91. The molecule has 0 aromatic rings. The van der Waals surface area contributed by atoms with Crippen LogP contribution in [0.5, 0.6) is 0 Å². The maximum absolute atomic E-state index is 3.51. The van der Waals surface area contributed by atoms with Crippen molar-refractivity contribution < 1.29 is 0 Å². The quantitative estimate of drug-likeness (QED) is 0.639. The summed E-state index contributed by atoms with van der Waals surface area (Å²) in [5, 5.41) is 3.51. The summed E-state index contributed by atoms with van der Waals surface area (Å²) in [5.74, 6) is 1.72. The summed E-state index contributed by atoms with van der Waals surface area (Å²) in [5.41, 5.74) is 0.521. The SMILES string of the molecule is C.CC(C)C1CNCC(C)(C)C1. The van der Waals surface area contributed by atoms with Gasteiger partial charge in [0.2, 0.25) is 0 Å². The number of nitrogens with one attached hydrogen (secondary N) is 1. The van der Waals surface area contributed by atoms with E-state index in [1.165, 1.54) is 19.5 Å². The fraction of sp³-hybridized carbons (Fsp3) is 1.00. The fourth-order valence-electron chi connectivity index (χ4n) is 1.92. The summed E-state index contributed by atoms with van der Waals surface area (Å²) in [4.78, 5) is 0. The first kappa shape index (κ1) is 12.0. The average Bonchev–Trinajstić information content (AvgIpc) is 1.85. The number of hydrogen-bond acceptors (Lipinski definition) is 1. The number of piperidine rings is 1. The van der Waals surface area contributed by atoms with Gasteiger partial charge in [0.15, 0.2) is 0 Å². The molecule has 0 spiro atoms. The van der Waals surface area contributed by atoms with Gasteiger partial charge in [-0.15, -0.1) is 0 Å². The molecule has 0 aliphatic carbocycles. The average molecular weight is 171 g/mol. The first-order chi connectivity index (χ1) is 5.01. The highest BCUT2D eigenvalue weighted by atomic mass is 14.9. The Bertz CT molecular complexity index is 127. The molecule has 1 heteroatoms. The first-order valence-electron chi connectivity index (χ1n) is 4.72. The minimum Gasteiger partial charge on any atom is -0.316 e. The summed E-state index contributed by atoms with van der Waals surface area (Å²) in [6.45, 7) is 11.8. The molecule has 0 aromatic heterocycles.